The summed E-state index contributed by atoms with van der Waals surface area (Å²) in [5.74, 6) is 0.932. The molecule has 1 aliphatic heterocycles. The fourth-order valence-corrected chi connectivity index (χ4v) is 1.81. The lowest BCUT2D eigenvalue weighted by atomic mass is 10.1. The normalized spacial score (nSPS) is 22.7. The first-order valence-corrected chi connectivity index (χ1v) is 5.61. The van der Waals surface area contributed by atoms with Crippen LogP contribution < -0.4 is 10.2 Å². The molecule has 0 bridgehead atoms. The molecule has 2 N–H and O–H groups in total. The molecule has 0 saturated carbocycles. The van der Waals surface area contributed by atoms with E-state index in [-0.39, 0.29) is 12.6 Å². The zero-order valence-corrected chi connectivity index (χ0v) is 9.68. The van der Waals surface area contributed by atoms with Crippen LogP contribution in [0, 0.1) is 5.92 Å². The van der Waals surface area contributed by atoms with Crippen molar-refractivity contribution >= 4 is 6.01 Å². The lowest BCUT2D eigenvalue weighted by Gasteiger charge is -2.12. The van der Waals surface area contributed by atoms with Crippen molar-refractivity contribution in [2.75, 3.05) is 31.6 Å². The maximum atomic E-state index is 9.06. The molecule has 1 fully saturated rings. The van der Waals surface area contributed by atoms with Gasteiger partial charge in [-0.25, -0.2) is 0 Å². The molecule has 0 aliphatic carbocycles. The maximum absolute atomic E-state index is 9.06. The van der Waals surface area contributed by atoms with Gasteiger partial charge in [-0.2, -0.15) is 0 Å². The fourth-order valence-electron chi connectivity index (χ4n) is 1.81. The maximum Gasteiger partial charge on any atom is 0.318 e. The van der Waals surface area contributed by atoms with Crippen molar-refractivity contribution in [3.05, 3.63) is 5.89 Å². The Balaban J connectivity index is 2.02. The molecule has 0 aromatic carbocycles. The summed E-state index contributed by atoms with van der Waals surface area (Å²) in [6.07, 6.45) is 0.982. The van der Waals surface area contributed by atoms with Crippen molar-refractivity contribution in [2.24, 2.45) is 5.92 Å². The molecule has 6 nitrogen and oxygen atoms in total. The Labute approximate surface area is 94.7 Å². The van der Waals surface area contributed by atoms with Crippen molar-refractivity contribution in [1.29, 1.82) is 0 Å². The van der Waals surface area contributed by atoms with E-state index in [4.69, 9.17) is 9.52 Å². The first-order chi connectivity index (χ1) is 7.74. The summed E-state index contributed by atoms with van der Waals surface area (Å²) in [5, 5.41) is 20.1. The molecular formula is C10H18N4O2. The molecule has 0 radical (unpaired) electrons. The molecule has 90 valence electrons. The van der Waals surface area contributed by atoms with Gasteiger partial charge < -0.3 is 19.7 Å². The van der Waals surface area contributed by atoms with Gasteiger partial charge in [0.2, 0.25) is 5.89 Å². The number of hydrogen-bond acceptors (Lipinski definition) is 6. The summed E-state index contributed by atoms with van der Waals surface area (Å²) in [4.78, 5) is 2.03. The average Bonchev–Trinajstić information content (AvgIpc) is 2.95. The largest absolute Gasteiger partial charge is 0.406 e. The van der Waals surface area contributed by atoms with Crippen LogP contribution in [0.2, 0.25) is 0 Å². The summed E-state index contributed by atoms with van der Waals surface area (Å²) < 4.78 is 5.57. The van der Waals surface area contributed by atoms with Crippen LogP contribution in [0.15, 0.2) is 4.42 Å². The highest BCUT2D eigenvalue weighted by atomic mass is 16.4. The Morgan fingerprint density at radius 1 is 1.62 bits per heavy atom. The van der Waals surface area contributed by atoms with Gasteiger partial charge in [0.1, 0.15) is 0 Å². The zero-order valence-electron chi connectivity index (χ0n) is 9.68. The SMILES string of the molecule is CNC(C)c1nnc(N2CCC(CO)C2)o1. The van der Waals surface area contributed by atoms with Crippen LogP contribution in [-0.4, -0.2) is 42.0 Å². The van der Waals surface area contributed by atoms with E-state index in [9.17, 15) is 0 Å². The molecule has 0 spiro atoms. The quantitative estimate of drug-likeness (QED) is 0.762. The van der Waals surface area contributed by atoms with Crippen molar-refractivity contribution in [2.45, 2.75) is 19.4 Å². The third-order valence-electron chi connectivity index (χ3n) is 3.05. The van der Waals surface area contributed by atoms with Gasteiger partial charge in [-0.1, -0.05) is 5.10 Å². The highest BCUT2D eigenvalue weighted by Crippen LogP contribution is 2.23. The highest BCUT2D eigenvalue weighted by Gasteiger charge is 2.26. The van der Waals surface area contributed by atoms with Gasteiger partial charge >= 0.3 is 6.01 Å². The number of aromatic nitrogens is 2. The Morgan fingerprint density at radius 2 is 2.44 bits per heavy atom. The second-order valence-electron chi connectivity index (χ2n) is 4.22. The van der Waals surface area contributed by atoms with E-state index in [1.54, 1.807) is 0 Å². The molecule has 1 aromatic heterocycles. The number of anilines is 1. The van der Waals surface area contributed by atoms with Crippen molar-refractivity contribution in [1.82, 2.24) is 15.5 Å². The van der Waals surface area contributed by atoms with Gasteiger partial charge in [-0.15, -0.1) is 5.10 Å². The monoisotopic (exact) mass is 226 g/mol. The van der Waals surface area contributed by atoms with Crippen LogP contribution in [0.4, 0.5) is 6.01 Å². The smallest absolute Gasteiger partial charge is 0.318 e. The van der Waals surface area contributed by atoms with Crippen LogP contribution in [-0.2, 0) is 0 Å². The van der Waals surface area contributed by atoms with Crippen LogP contribution in [0.3, 0.4) is 0 Å². The molecular weight excluding hydrogens is 208 g/mol. The second kappa shape index (κ2) is 4.80. The molecule has 2 heterocycles. The Morgan fingerprint density at radius 3 is 3.06 bits per heavy atom. The molecule has 16 heavy (non-hydrogen) atoms. The van der Waals surface area contributed by atoms with Crippen molar-refractivity contribution in [3.63, 3.8) is 0 Å². The predicted octanol–water partition coefficient (Wildman–Crippen LogP) is 0.169. The first-order valence-electron chi connectivity index (χ1n) is 5.61. The Hall–Kier alpha value is -1.14. The van der Waals surface area contributed by atoms with Gasteiger partial charge in [-0.05, 0) is 20.4 Å². The van der Waals surface area contributed by atoms with Crippen LogP contribution in [0.25, 0.3) is 0 Å². The van der Waals surface area contributed by atoms with E-state index in [2.05, 4.69) is 15.5 Å². The van der Waals surface area contributed by atoms with E-state index in [0.29, 0.717) is 17.8 Å². The molecule has 2 rings (SSSR count). The first kappa shape index (κ1) is 11.3. The topological polar surface area (TPSA) is 74.4 Å². The minimum atomic E-state index is 0.0671. The van der Waals surface area contributed by atoms with Crippen molar-refractivity contribution < 1.29 is 9.52 Å². The standard InChI is InChI=1S/C10H18N4O2/c1-7(11-2)9-12-13-10(16-9)14-4-3-8(5-14)6-15/h7-8,11,15H,3-6H2,1-2H3. The molecule has 1 aliphatic rings. The van der Waals surface area contributed by atoms with Gasteiger partial charge in [0.05, 0.1) is 6.04 Å². The predicted molar refractivity (Wildman–Crippen MR) is 59.2 cm³/mol. The number of rotatable bonds is 4. The third kappa shape index (κ3) is 2.17. The summed E-state index contributed by atoms with van der Waals surface area (Å²) >= 11 is 0. The van der Waals surface area contributed by atoms with Gasteiger partial charge in [0.25, 0.3) is 0 Å². The van der Waals surface area contributed by atoms with Crippen LogP contribution in [0.1, 0.15) is 25.3 Å². The number of nitrogens with one attached hydrogen (secondary N) is 1. The minimum absolute atomic E-state index is 0.0671. The Bertz CT molecular complexity index is 341. The van der Waals surface area contributed by atoms with Gasteiger partial charge in [0.15, 0.2) is 0 Å². The van der Waals surface area contributed by atoms with Crippen LogP contribution in [0.5, 0.6) is 0 Å². The average molecular weight is 226 g/mol. The summed E-state index contributed by atoms with van der Waals surface area (Å²) in [7, 11) is 1.85. The number of nitrogens with zero attached hydrogens (tertiary/aromatic N) is 3. The molecule has 2 atom stereocenters. The molecule has 6 heteroatoms. The molecule has 0 amide bonds. The summed E-state index contributed by atoms with van der Waals surface area (Å²) in [5.41, 5.74) is 0. The highest BCUT2D eigenvalue weighted by molar-refractivity contribution is 5.26. The Kier molecular flexibility index (Phi) is 3.40. The lowest BCUT2D eigenvalue weighted by Crippen LogP contribution is -2.20. The van der Waals surface area contributed by atoms with E-state index < -0.39 is 0 Å². The van der Waals surface area contributed by atoms with Gasteiger partial charge in [0, 0.05) is 25.6 Å². The van der Waals surface area contributed by atoms with E-state index in [0.717, 1.165) is 19.5 Å². The number of hydrogen-bond donors (Lipinski definition) is 2. The minimum Gasteiger partial charge on any atom is -0.406 e. The molecule has 1 aromatic rings. The summed E-state index contributed by atoms with van der Waals surface area (Å²) in [6.45, 7) is 3.87. The molecule has 2 unspecified atom stereocenters. The van der Waals surface area contributed by atoms with Crippen LogP contribution >= 0.6 is 0 Å². The molecule has 1 saturated heterocycles. The summed E-state index contributed by atoms with van der Waals surface area (Å²) in [6, 6.07) is 0.630. The van der Waals surface area contributed by atoms with Gasteiger partial charge in [-0.3, -0.25) is 0 Å². The third-order valence-corrected chi connectivity index (χ3v) is 3.05. The number of aliphatic hydroxyl groups excluding tert-OH is 1. The number of aliphatic hydroxyl groups is 1. The van der Waals surface area contributed by atoms with E-state index in [1.165, 1.54) is 0 Å². The van der Waals surface area contributed by atoms with E-state index in [1.807, 2.05) is 18.9 Å². The van der Waals surface area contributed by atoms with Crippen molar-refractivity contribution in [3.8, 4) is 0 Å². The second-order valence-corrected chi connectivity index (χ2v) is 4.22. The van der Waals surface area contributed by atoms with E-state index >= 15 is 0 Å². The lowest BCUT2D eigenvalue weighted by molar-refractivity contribution is 0.238. The fraction of sp³-hybridized carbons (Fsp3) is 0.800. The zero-order chi connectivity index (χ0) is 11.5.